The van der Waals surface area contributed by atoms with Gasteiger partial charge in [0, 0.05) is 34.4 Å². The molecule has 1 amide bonds. The Bertz CT molecular complexity index is 1450. The molecule has 0 spiro atoms. The first-order valence-corrected chi connectivity index (χ1v) is 12.9. The molecule has 3 aromatic carbocycles. The van der Waals surface area contributed by atoms with Gasteiger partial charge in [-0.05, 0) is 86.0 Å². The highest BCUT2D eigenvalue weighted by atomic mass is 16.5. The number of ether oxygens (including phenoxy) is 1. The Morgan fingerprint density at radius 1 is 0.917 bits per heavy atom. The summed E-state index contributed by atoms with van der Waals surface area (Å²) < 4.78 is 6.07. The third kappa shape index (κ3) is 4.42. The fourth-order valence-electron chi connectivity index (χ4n) is 5.36. The van der Waals surface area contributed by atoms with Gasteiger partial charge < -0.3 is 15.0 Å². The summed E-state index contributed by atoms with van der Waals surface area (Å²) in [6.07, 6.45) is 3.94. The number of aromatic amines is 1. The lowest BCUT2D eigenvalue weighted by atomic mass is 9.96. The van der Waals surface area contributed by atoms with E-state index in [-0.39, 0.29) is 5.91 Å². The molecule has 0 unspecified atom stereocenters. The maximum absolute atomic E-state index is 13.0. The molecule has 2 N–H and O–H groups in total. The predicted molar refractivity (Wildman–Crippen MR) is 147 cm³/mol. The summed E-state index contributed by atoms with van der Waals surface area (Å²) in [6, 6.07) is 24.7. The molecule has 4 aromatic rings. The van der Waals surface area contributed by atoms with Crippen molar-refractivity contribution in [3.8, 4) is 16.9 Å². The number of hydrogen-bond donors (Lipinski definition) is 2. The van der Waals surface area contributed by atoms with Crippen molar-refractivity contribution >= 4 is 33.6 Å². The first-order valence-electron chi connectivity index (χ1n) is 12.9. The van der Waals surface area contributed by atoms with Gasteiger partial charge in [-0.1, -0.05) is 42.8 Å². The van der Waals surface area contributed by atoms with Crippen molar-refractivity contribution in [1.82, 2.24) is 9.88 Å². The van der Waals surface area contributed by atoms with Crippen LogP contribution in [0, 0.1) is 0 Å². The molecular weight excluding hydrogens is 446 g/mol. The molecule has 3 heterocycles. The molecule has 0 saturated carbocycles. The summed E-state index contributed by atoms with van der Waals surface area (Å²) in [7, 11) is 0. The maximum atomic E-state index is 13.0. The van der Waals surface area contributed by atoms with Crippen LogP contribution in [0.2, 0.25) is 0 Å². The van der Waals surface area contributed by atoms with Crippen LogP contribution >= 0.6 is 0 Å². The lowest BCUT2D eigenvalue weighted by Crippen LogP contribution is -2.33. The van der Waals surface area contributed by atoms with Gasteiger partial charge in [0.2, 0.25) is 0 Å². The number of fused-ring (bicyclic) bond motifs is 2. The summed E-state index contributed by atoms with van der Waals surface area (Å²) in [5.41, 5.74) is 7.65. The monoisotopic (exact) mass is 477 g/mol. The minimum atomic E-state index is -0.0619. The Morgan fingerprint density at radius 3 is 2.58 bits per heavy atom. The molecule has 1 aromatic heterocycles. The Kier molecular flexibility index (Phi) is 6.08. The van der Waals surface area contributed by atoms with Crippen LogP contribution < -0.4 is 10.1 Å². The van der Waals surface area contributed by atoms with Crippen molar-refractivity contribution in [2.45, 2.75) is 26.2 Å². The van der Waals surface area contributed by atoms with E-state index in [0.717, 1.165) is 56.8 Å². The van der Waals surface area contributed by atoms with Gasteiger partial charge in [0.25, 0.3) is 5.91 Å². The number of carbonyl (C=O) groups is 1. The van der Waals surface area contributed by atoms with Gasteiger partial charge in [-0.3, -0.25) is 9.69 Å². The Labute approximate surface area is 211 Å². The number of nitrogens with zero attached hydrogens (tertiary/aromatic N) is 1. The van der Waals surface area contributed by atoms with Crippen molar-refractivity contribution in [2.24, 2.45) is 0 Å². The topological polar surface area (TPSA) is 57.4 Å². The highest BCUT2D eigenvalue weighted by molar-refractivity contribution is 6.36. The highest BCUT2D eigenvalue weighted by Crippen LogP contribution is 2.39. The van der Waals surface area contributed by atoms with Gasteiger partial charge in [0.05, 0.1) is 5.57 Å². The molecule has 0 bridgehead atoms. The van der Waals surface area contributed by atoms with Crippen LogP contribution in [0.5, 0.6) is 5.75 Å². The molecule has 2 aliphatic rings. The second-order valence-electron chi connectivity index (χ2n) is 9.76. The zero-order valence-corrected chi connectivity index (χ0v) is 20.6. The molecule has 1 fully saturated rings. The first-order chi connectivity index (χ1) is 17.7. The van der Waals surface area contributed by atoms with Crippen molar-refractivity contribution in [3.05, 3.63) is 84.1 Å². The molecule has 0 aliphatic carbocycles. The number of allylic oxidation sites excluding steroid dienone is 1. The van der Waals surface area contributed by atoms with Gasteiger partial charge in [0.1, 0.15) is 12.4 Å². The van der Waals surface area contributed by atoms with Crippen LogP contribution in [-0.4, -0.2) is 42.0 Å². The van der Waals surface area contributed by atoms with Gasteiger partial charge >= 0.3 is 0 Å². The predicted octanol–water partition coefficient (Wildman–Crippen LogP) is 6.58. The molecule has 5 heteroatoms. The number of H-pyrrole nitrogens is 1. The largest absolute Gasteiger partial charge is 0.492 e. The van der Waals surface area contributed by atoms with E-state index in [1.807, 2.05) is 37.3 Å². The minimum Gasteiger partial charge on any atom is -0.492 e. The smallest absolute Gasteiger partial charge is 0.256 e. The molecule has 36 heavy (non-hydrogen) atoms. The molecule has 0 atom stereocenters. The van der Waals surface area contributed by atoms with Crippen LogP contribution in [0.3, 0.4) is 0 Å². The number of piperidine rings is 1. The molecule has 0 radical (unpaired) electrons. The SMILES string of the molecule is C/C(=C1/C(=O)Nc2ccc(-c3ccccc3)cc21)c1cc2cc(OCCN3CCCCC3)ccc2[nH]1. The fraction of sp³-hybridized carbons (Fsp3) is 0.258. The lowest BCUT2D eigenvalue weighted by Gasteiger charge is -2.26. The summed E-state index contributed by atoms with van der Waals surface area (Å²) in [4.78, 5) is 19.0. The fourth-order valence-corrected chi connectivity index (χ4v) is 5.36. The Morgan fingerprint density at radius 2 is 1.75 bits per heavy atom. The number of carbonyl (C=O) groups excluding carboxylic acids is 1. The van der Waals surface area contributed by atoms with Gasteiger partial charge in [-0.15, -0.1) is 0 Å². The normalized spacial score (nSPS) is 17.2. The number of likely N-dealkylation sites (tertiary alicyclic amines) is 1. The molecule has 1 saturated heterocycles. The van der Waals surface area contributed by atoms with E-state index in [4.69, 9.17) is 4.74 Å². The van der Waals surface area contributed by atoms with E-state index in [9.17, 15) is 4.79 Å². The number of nitrogens with one attached hydrogen (secondary N) is 2. The van der Waals surface area contributed by atoms with Crippen molar-refractivity contribution in [2.75, 3.05) is 31.6 Å². The molecular formula is C31H31N3O2. The number of anilines is 1. The van der Waals surface area contributed by atoms with E-state index >= 15 is 0 Å². The van der Waals surface area contributed by atoms with Gasteiger partial charge in [-0.25, -0.2) is 0 Å². The minimum absolute atomic E-state index is 0.0619. The van der Waals surface area contributed by atoms with Crippen LogP contribution in [0.15, 0.2) is 72.8 Å². The Hall–Kier alpha value is -3.83. The van der Waals surface area contributed by atoms with Gasteiger partial charge in [0.15, 0.2) is 0 Å². The Balaban J connectivity index is 1.26. The average Bonchev–Trinajstić information content (AvgIpc) is 3.49. The van der Waals surface area contributed by atoms with Crippen molar-refractivity contribution in [1.29, 1.82) is 0 Å². The average molecular weight is 478 g/mol. The van der Waals surface area contributed by atoms with Crippen LogP contribution in [0.1, 0.15) is 37.4 Å². The van der Waals surface area contributed by atoms with Crippen LogP contribution in [0.4, 0.5) is 5.69 Å². The molecule has 2 aliphatic heterocycles. The zero-order valence-electron chi connectivity index (χ0n) is 20.6. The number of aromatic nitrogens is 1. The zero-order chi connectivity index (χ0) is 24.5. The van der Waals surface area contributed by atoms with E-state index in [1.54, 1.807) is 0 Å². The second kappa shape index (κ2) is 9.67. The standard InChI is InChI=1S/C31H31N3O2/c1-21(30-26-19-23(22-8-4-2-5-9-22)10-12-28(26)33-31(30)35)29-20-24-18-25(11-13-27(24)32-29)36-17-16-34-14-6-3-7-15-34/h2,4-5,8-13,18-20,32H,3,6-7,14-17H2,1H3,(H,33,35)/b30-21-. The first kappa shape index (κ1) is 22.6. The second-order valence-corrected chi connectivity index (χ2v) is 9.76. The van der Waals surface area contributed by atoms with E-state index in [2.05, 4.69) is 57.7 Å². The van der Waals surface area contributed by atoms with Crippen molar-refractivity contribution in [3.63, 3.8) is 0 Å². The maximum Gasteiger partial charge on any atom is 0.256 e. The van der Waals surface area contributed by atoms with Crippen molar-refractivity contribution < 1.29 is 9.53 Å². The third-order valence-corrected chi connectivity index (χ3v) is 7.37. The van der Waals surface area contributed by atoms with E-state index < -0.39 is 0 Å². The van der Waals surface area contributed by atoms with Crippen LogP contribution in [0.25, 0.3) is 33.2 Å². The van der Waals surface area contributed by atoms with Crippen LogP contribution in [-0.2, 0) is 4.79 Å². The molecule has 6 rings (SSSR count). The molecule has 5 nitrogen and oxygen atoms in total. The summed E-state index contributed by atoms with van der Waals surface area (Å²) in [5.74, 6) is 0.819. The quantitative estimate of drug-likeness (QED) is 0.308. The number of amides is 1. The number of benzene rings is 3. The molecule has 182 valence electrons. The van der Waals surface area contributed by atoms with E-state index in [1.165, 1.54) is 32.4 Å². The summed E-state index contributed by atoms with van der Waals surface area (Å²) in [5, 5.41) is 4.12. The van der Waals surface area contributed by atoms with Gasteiger partial charge in [-0.2, -0.15) is 0 Å². The summed E-state index contributed by atoms with van der Waals surface area (Å²) in [6.45, 7) is 6.05. The number of hydrogen-bond acceptors (Lipinski definition) is 3. The number of rotatable bonds is 6. The lowest BCUT2D eigenvalue weighted by molar-refractivity contribution is -0.110. The summed E-state index contributed by atoms with van der Waals surface area (Å²) >= 11 is 0. The highest BCUT2D eigenvalue weighted by Gasteiger charge is 2.27. The van der Waals surface area contributed by atoms with E-state index in [0.29, 0.717) is 12.2 Å². The third-order valence-electron chi connectivity index (χ3n) is 7.37.